The van der Waals surface area contributed by atoms with E-state index in [1.165, 1.54) is 31.3 Å². The average molecular weight is 413 g/mol. The van der Waals surface area contributed by atoms with Gasteiger partial charge in [-0.3, -0.25) is 0 Å². The van der Waals surface area contributed by atoms with Gasteiger partial charge in [0.1, 0.15) is 36.9 Å². The number of fused-ring (bicyclic) bond motifs is 3. The highest BCUT2D eigenvalue weighted by Crippen LogP contribution is 2.43. The van der Waals surface area contributed by atoms with Crippen molar-refractivity contribution in [3.8, 4) is 11.5 Å². The van der Waals surface area contributed by atoms with E-state index in [0.29, 0.717) is 25.0 Å². The van der Waals surface area contributed by atoms with Gasteiger partial charge >= 0.3 is 0 Å². The summed E-state index contributed by atoms with van der Waals surface area (Å²) in [5, 5.41) is 2.48. The summed E-state index contributed by atoms with van der Waals surface area (Å²) >= 11 is 1.86. The quantitative estimate of drug-likeness (QED) is 0.435. The van der Waals surface area contributed by atoms with Gasteiger partial charge in [-0.05, 0) is 47.2 Å². The minimum absolute atomic E-state index is 0.253. The second-order valence-corrected chi connectivity index (χ2v) is 9.80. The van der Waals surface area contributed by atoms with Gasteiger partial charge in [0.15, 0.2) is 0 Å². The molecule has 5 rings (SSSR count). The molecular formula is C24H28O4S. The van der Waals surface area contributed by atoms with Crippen molar-refractivity contribution in [2.24, 2.45) is 0 Å². The molecule has 0 N–H and O–H groups in total. The van der Waals surface area contributed by atoms with E-state index in [2.05, 4.69) is 52.0 Å². The van der Waals surface area contributed by atoms with E-state index in [-0.39, 0.29) is 12.2 Å². The Bertz CT molecular complexity index is 962. The molecule has 3 heterocycles. The van der Waals surface area contributed by atoms with Crippen LogP contribution >= 0.6 is 11.3 Å². The lowest BCUT2D eigenvalue weighted by atomic mass is 9.98. The Morgan fingerprint density at radius 2 is 1.21 bits per heavy atom. The highest BCUT2D eigenvalue weighted by molar-refractivity contribution is 7.25. The van der Waals surface area contributed by atoms with Gasteiger partial charge in [0.25, 0.3) is 0 Å². The lowest BCUT2D eigenvalue weighted by Crippen LogP contribution is -2.06. The van der Waals surface area contributed by atoms with E-state index < -0.39 is 0 Å². The van der Waals surface area contributed by atoms with E-state index in [9.17, 15) is 0 Å². The molecule has 0 aliphatic carbocycles. The van der Waals surface area contributed by atoms with Crippen LogP contribution in [0.1, 0.15) is 50.7 Å². The van der Waals surface area contributed by atoms with Crippen molar-refractivity contribution in [1.82, 2.24) is 0 Å². The third-order valence-electron chi connectivity index (χ3n) is 5.63. The minimum atomic E-state index is 0.253. The van der Waals surface area contributed by atoms with Gasteiger partial charge in [-0.2, -0.15) is 0 Å². The van der Waals surface area contributed by atoms with Crippen LogP contribution in [0.3, 0.4) is 0 Å². The summed E-state index contributed by atoms with van der Waals surface area (Å²) in [4.78, 5) is 0. The summed E-state index contributed by atoms with van der Waals surface area (Å²) in [6.07, 6.45) is 0.506. The highest BCUT2D eigenvalue weighted by Gasteiger charge is 2.25. The lowest BCUT2D eigenvalue weighted by molar-refractivity contribution is 0.260. The molecule has 2 saturated heterocycles. The number of benzene rings is 2. The molecule has 4 nitrogen and oxygen atoms in total. The number of ether oxygens (including phenoxy) is 4. The third-order valence-corrected chi connectivity index (χ3v) is 6.75. The van der Waals surface area contributed by atoms with Crippen LogP contribution in [-0.2, 0) is 9.47 Å². The van der Waals surface area contributed by atoms with Gasteiger partial charge in [-0.25, -0.2) is 0 Å². The molecule has 2 aliphatic heterocycles. The van der Waals surface area contributed by atoms with E-state index >= 15 is 0 Å². The monoisotopic (exact) mass is 412 g/mol. The summed E-state index contributed by atoms with van der Waals surface area (Å²) in [7, 11) is 0. The molecule has 0 saturated carbocycles. The Hall–Kier alpha value is -1.82. The fraction of sp³-hybridized carbons (Fsp3) is 0.500. The number of hydrogen-bond acceptors (Lipinski definition) is 5. The normalized spacial score (nSPS) is 20.8. The second kappa shape index (κ2) is 7.46. The molecule has 5 heteroatoms. The molecule has 2 fully saturated rings. The maximum Gasteiger partial charge on any atom is 0.123 e. The molecule has 2 aromatic carbocycles. The SMILES string of the molecule is CC(C)c1cc2sc3cc(C(C)C)c(OCC4CO4)cc3c2cc1OCC1CO1. The fourth-order valence-electron chi connectivity index (χ4n) is 3.71. The van der Waals surface area contributed by atoms with Crippen LogP contribution in [0.15, 0.2) is 24.3 Å². The molecule has 2 unspecified atom stereocenters. The van der Waals surface area contributed by atoms with Crippen molar-refractivity contribution in [3.63, 3.8) is 0 Å². The van der Waals surface area contributed by atoms with Crippen LogP contribution < -0.4 is 9.47 Å². The molecule has 3 aromatic rings. The smallest absolute Gasteiger partial charge is 0.123 e. The Labute approximate surface area is 175 Å². The van der Waals surface area contributed by atoms with Gasteiger partial charge in [-0.15, -0.1) is 11.3 Å². The number of hydrogen-bond donors (Lipinski definition) is 0. The first-order valence-electron chi connectivity index (χ1n) is 10.5. The Morgan fingerprint density at radius 1 is 0.793 bits per heavy atom. The molecule has 0 radical (unpaired) electrons. The van der Waals surface area contributed by atoms with Crippen LogP contribution in [-0.4, -0.2) is 38.6 Å². The average Bonchev–Trinajstić information content (AvgIpc) is 3.61. The number of thiophene rings is 1. The van der Waals surface area contributed by atoms with Crippen LogP contribution in [0.2, 0.25) is 0 Å². The van der Waals surface area contributed by atoms with Gasteiger partial charge in [0.05, 0.1) is 13.2 Å². The first kappa shape index (κ1) is 19.2. The van der Waals surface area contributed by atoms with Crippen LogP contribution in [0, 0.1) is 0 Å². The zero-order valence-corrected chi connectivity index (χ0v) is 18.3. The molecule has 0 spiro atoms. The molecule has 1 aromatic heterocycles. The lowest BCUT2D eigenvalue weighted by Gasteiger charge is -2.15. The molecule has 154 valence electrons. The van der Waals surface area contributed by atoms with Crippen molar-refractivity contribution in [1.29, 1.82) is 0 Å². The fourth-order valence-corrected chi connectivity index (χ4v) is 4.87. The zero-order chi connectivity index (χ0) is 20.1. The number of epoxide rings is 2. The highest BCUT2D eigenvalue weighted by atomic mass is 32.1. The molecule has 29 heavy (non-hydrogen) atoms. The van der Waals surface area contributed by atoms with Crippen LogP contribution in [0.5, 0.6) is 11.5 Å². The van der Waals surface area contributed by atoms with E-state index in [1.54, 1.807) is 0 Å². The Morgan fingerprint density at radius 3 is 1.55 bits per heavy atom. The predicted octanol–water partition coefficient (Wildman–Crippen LogP) is 5.86. The summed E-state index contributed by atoms with van der Waals surface area (Å²) in [5.41, 5.74) is 2.52. The van der Waals surface area contributed by atoms with E-state index in [0.717, 1.165) is 24.7 Å². The van der Waals surface area contributed by atoms with E-state index in [4.69, 9.17) is 18.9 Å². The first-order valence-corrected chi connectivity index (χ1v) is 11.3. The van der Waals surface area contributed by atoms with Crippen molar-refractivity contribution in [2.45, 2.75) is 51.7 Å². The standard InChI is InChI=1S/C24H28O4S/c1-13(2)17-7-23-19(5-21(17)27-11-15-9-25-15)20-6-22(28-12-16-10-26-16)18(14(3)4)8-24(20)29-23/h5-8,13-16H,9-12H2,1-4H3. The summed E-state index contributed by atoms with van der Waals surface area (Å²) in [6, 6.07) is 9.05. The van der Waals surface area contributed by atoms with Gasteiger partial charge in [0.2, 0.25) is 0 Å². The van der Waals surface area contributed by atoms with Crippen molar-refractivity contribution in [2.75, 3.05) is 26.4 Å². The second-order valence-electron chi connectivity index (χ2n) is 8.72. The topological polar surface area (TPSA) is 43.5 Å². The van der Waals surface area contributed by atoms with Gasteiger partial charge < -0.3 is 18.9 Å². The summed E-state index contributed by atoms with van der Waals surface area (Å²) in [5.74, 6) is 2.76. The van der Waals surface area contributed by atoms with Crippen molar-refractivity contribution >= 4 is 31.5 Å². The Balaban J connectivity index is 1.60. The molecule has 0 bridgehead atoms. The number of rotatable bonds is 8. The summed E-state index contributed by atoms with van der Waals surface area (Å²) in [6.45, 7) is 11.8. The summed E-state index contributed by atoms with van der Waals surface area (Å²) < 4.78 is 25.6. The predicted molar refractivity (Wildman–Crippen MR) is 118 cm³/mol. The van der Waals surface area contributed by atoms with Gasteiger partial charge in [-0.1, -0.05) is 27.7 Å². The van der Waals surface area contributed by atoms with Crippen molar-refractivity contribution < 1.29 is 18.9 Å². The molecule has 2 aliphatic rings. The molecular weight excluding hydrogens is 384 g/mol. The first-order chi connectivity index (χ1) is 14.0. The largest absolute Gasteiger partial charge is 0.490 e. The molecule has 2 atom stereocenters. The van der Waals surface area contributed by atoms with Crippen molar-refractivity contribution in [3.05, 3.63) is 35.4 Å². The van der Waals surface area contributed by atoms with Crippen LogP contribution in [0.25, 0.3) is 20.2 Å². The minimum Gasteiger partial charge on any atom is -0.490 e. The van der Waals surface area contributed by atoms with E-state index in [1.807, 2.05) is 11.3 Å². The Kier molecular flexibility index (Phi) is 4.93. The van der Waals surface area contributed by atoms with Crippen LogP contribution in [0.4, 0.5) is 0 Å². The maximum atomic E-state index is 6.16. The van der Waals surface area contributed by atoms with Gasteiger partial charge in [0, 0.05) is 20.2 Å². The third kappa shape index (κ3) is 3.96. The molecule has 0 amide bonds. The zero-order valence-electron chi connectivity index (χ0n) is 17.5. The maximum absolute atomic E-state index is 6.16.